The molecule has 1 aromatic rings. The molecule has 0 bridgehead atoms. The van der Waals surface area contributed by atoms with Gasteiger partial charge in [-0.3, -0.25) is 9.59 Å². The molecule has 0 aromatic heterocycles. The van der Waals surface area contributed by atoms with E-state index >= 15 is 0 Å². The van der Waals surface area contributed by atoms with Crippen LogP contribution in [0.4, 0.5) is 10.1 Å². The van der Waals surface area contributed by atoms with Crippen LogP contribution in [0.3, 0.4) is 0 Å². The van der Waals surface area contributed by atoms with Gasteiger partial charge in [-0.1, -0.05) is 6.92 Å². The van der Waals surface area contributed by atoms with Crippen molar-refractivity contribution in [1.82, 2.24) is 5.32 Å². The Balaban J connectivity index is 2.05. The Morgan fingerprint density at radius 3 is 2.70 bits per heavy atom. The monoisotopic (exact) mass is 278 g/mol. The minimum absolute atomic E-state index is 0.0650. The van der Waals surface area contributed by atoms with E-state index in [9.17, 15) is 14.0 Å². The summed E-state index contributed by atoms with van der Waals surface area (Å²) in [5.41, 5.74) is 0.634. The van der Waals surface area contributed by atoms with Gasteiger partial charge in [-0.25, -0.2) is 4.39 Å². The molecule has 2 atom stereocenters. The van der Waals surface area contributed by atoms with Crippen molar-refractivity contribution >= 4 is 17.5 Å². The molecule has 1 aliphatic heterocycles. The summed E-state index contributed by atoms with van der Waals surface area (Å²) in [5, 5.41) is 2.84. The van der Waals surface area contributed by atoms with E-state index in [1.54, 1.807) is 17.0 Å². The van der Waals surface area contributed by atoms with Crippen LogP contribution >= 0.6 is 0 Å². The highest BCUT2D eigenvalue weighted by molar-refractivity contribution is 6.09. The summed E-state index contributed by atoms with van der Waals surface area (Å²) < 4.78 is 12.9. The number of halogens is 1. The molecule has 5 heteroatoms. The standard InChI is InChI=1S/C15H19FN2O2/c1-3-10(2)17-14(19)13-8-9-18(15(13)20)12-6-4-11(16)5-7-12/h4-7,10,13H,3,8-9H2,1-2H3,(H,17,19)/t10-,13+/m0/s1. The van der Waals surface area contributed by atoms with Gasteiger partial charge < -0.3 is 10.2 Å². The van der Waals surface area contributed by atoms with Gasteiger partial charge in [0.1, 0.15) is 11.7 Å². The SMILES string of the molecule is CC[C@H](C)NC(=O)[C@H]1CCN(c2ccc(F)cc2)C1=O. The van der Waals surface area contributed by atoms with Gasteiger partial charge in [-0.15, -0.1) is 0 Å². The number of anilines is 1. The number of amides is 2. The van der Waals surface area contributed by atoms with E-state index in [1.807, 2.05) is 13.8 Å². The summed E-state index contributed by atoms with van der Waals surface area (Å²) in [7, 11) is 0. The first kappa shape index (κ1) is 14.5. The van der Waals surface area contributed by atoms with Crippen LogP contribution in [0.15, 0.2) is 24.3 Å². The van der Waals surface area contributed by atoms with Crippen molar-refractivity contribution in [2.75, 3.05) is 11.4 Å². The maximum atomic E-state index is 12.9. The van der Waals surface area contributed by atoms with Crippen molar-refractivity contribution in [2.24, 2.45) is 5.92 Å². The van der Waals surface area contributed by atoms with Crippen LogP contribution in [0.5, 0.6) is 0 Å². The van der Waals surface area contributed by atoms with Crippen LogP contribution in [0.1, 0.15) is 26.7 Å². The fraction of sp³-hybridized carbons (Fsp3) is 0.467. The molecule has 1 saturated heterocycles. The van der Waals surface area contributed by atoms with Gasteiger partial charge in [0, 0.05) is 18.3 Å². The Labute approximate surface area is 118 Å². The topological polar surface area (TPSA) is 49.4 Å². The smallest absolute Gasteiger partial charge is 0.239 e. The second-order valence-electron chi connectivity index (χ2n) is 5.13. The fourth-order valence-corrected chi connectivity index (χ4v) is 2.25. The average molecular weight is 278 g/mol. The Morgan fingerprint density at radius 1 is 1.45 bits per heavy atom. The molecule has 4 nitrogen and oxygen atoms in total. The van der Waals surface area contributed by atoms with Gasteiger partial charge in [-0.05, 0) is 44.0 Å². The van der Waals surface area contributed by atoms with Gasteiger partial charge in [0.05, 0.1) is 0 Å². The normalized spacial score (nSPS) is 20.1. The van der Waals surface area contributed by atoms with E-state index in [4.69, 9.17) is 0 Å². The molecule has 2 rings (SSSR count). The lowest BCUT2D eigenvalue weighted by Gasteiger charge is -2.18. The summed E-state index contributed by atoms with van der Waals surface area (Å²) in [6.45, 7) is 4.38. The van der Waals surface area contributed by atoms with Crippen LogP contribution in [0, 0.1) is 11.7 Å². The van der Waals surface area contributed by atoms with Crippen LogP contribution in [0.2, 0.25) is 0 Å². The van der Waals surface area contributed by atoms with Crippen molar-refractivity contribution in [3.63, 3.8) is 0 Å². The molecule has 1 heterocycles. The van der Waals surface area contributed by atoms with Crippen LogP contribution in [-0.4, -0.2) is 24.4 Å². The lowest BCUT2D eigenvalue weighted by Crippen LogP contribution is -2.40. The molecule has 1 fully saturated rings. The van der Waals surface area contributed by atoms with Crippen molar-refractivity contribution in [2.45, 2.75) is 32.7 Å². The molecule has 2 amide bonds. The zero-order valence-electron chi connectivity index (χ0n) is 11.7. The van der Waals surface area contributed by atoms with Crippen LogP contribution in [0.25, 0.3) is 0 Å². The molecule has 1 N–H and O–H groups in total. The number of hydrogen-bond acceptors (Lipinski definition) is 2. The fourth-order valence-electron chi connectivity index (χ4n) is 2.25. The molecule has 0 saturated carbocycles. The number of nitrogens with one attached hydrogen (secondary N) is 1. The van der Waals surface area contributed by atoms with Gasteiger partial charge >= 0.3 is 0 Å². The van der Waals surface area contributed by atoms with Gasteiger partial charge in [0.15, 0.2) is 0 Å². The highest BCUT2D eigenvalue weighted by Gasteiger charge is 2.37. The first-order valence-electron chi connectivity index (χ1n) is 6.90. The quantitative estimate of drug-likeness (QED) is 0.857. The summed E-state index contributed by atoms with van der Waals surface area (Å²) in [6.07, 6.45) is 1.33. The molecular formula is C15H19FN2O2. The van der Waals surface area contributed by atoms with Crippen molar-refractivity contribution < 1.29 is 14.0 Å². The average Bonchev–Trinajstić information content (AvgIpc) is 2.81. The maximum Gasteiger partial charge on any atom is 0.239 e. The van der Waals surface area contributed by atoms with Gasteiger partial charge in [0.2, 0.25) is 11.8 Å². The molecule has 0 spiro atoms. The molecule has 1 aromatic carbocycles. The summed E-state index contributed by atoms with van der Waals surface area (Å²) in [6, 6.07) is 5.81. The van der Waals surface area contributed by atoms with Crippen molar-refractivity contribution in [3.05, 3.63) is 30.1 Å². The van der Waals surface area contributed by atoms with E-state index < -0.39 is 5.92 Å². The zero-order valence-corrected chi connectivity index (χ0v) is 11.7. The minimum atomic E-state index is -0.631. The first-order chi connectivity index (χ1) is 9.52. The largest absolute Gasteiger partial charge is 0.353 e. The van der Waals surface area contributed by atoms with Crippen molar-refractivity contribution in [1.29, 1.82) is 0 Å². The second-order valence-corrected chi connectivity index (χ2v) is 5.13. The number of hydrogen-bond donors (Lipinski definition) is 1. The number of benzene rings is 1. The zero-order chi connectivity index (χ0) is 14.7. The van der Waals surface area contributed by atoms with E-state index in [0.29, 0.717) is 18.7 Å². The Morgan fingerprint density at radius 2 is 2.10 bits per heavy atom. The molecular weight excluding hydrogens is 259 g/mol. The summed E-state index contributed by atoms with van der Waals surface area (Å²) in [5.74, 6) is -1.40. The summed E-state index contributed by atoms with van der Waals surface area (Å²) in [4.78, 5) is 25.9. The third-order valence-electron chi connectivity index (χ3n) is 3.66. The highest BCUT2D eigenvalue weighted by Crippen LogP contribution is 2.25. The molecule has 0 radical (unpaired) electrons. The Kier molecular flexibility index (Phi) is 4.37. The third kappa shape index (κ3) is 2.98. The minimum Gasteiger partial charge on any atom is -0.353 e. The number of carbonyl (C=O) groups is 2. The van der Waals surface area contributed by atoms with Crippen molar-refractivity contribution in [3.8, 4) is 0 Å². The Hall–Kier alpha value is -1.91. The number of carbonyl (C=O) groups excluding carboxylic acids is 2. The second kappa shape index (κ2) is 6.03. The van der Waals surface area contributed by atoms with E-state index in [-0.39, 0.29) is 23.7 Å². The van der Waals surface area contributed by atoms with Gasteiger partial charge in [-0.2, -0.15) is 0 Å². The highest BCUT2D eigenvalue weighted by atomic mass is 19.1. The third-order valence-corrected chi connectivity index (χ3v) is 3.66. The molecule has 108 valence electrons. The summed E-state index contributed by atoms with van der Waals surface area (Å²) >= 11 is 0. The van der Waals surface area contributed by atoms with Gasteiger partial charge in [0.25, 0.3) is 0 Å². The van der Waals surface area contributed by atoms with Crippen LogP contribution < -0.4 is 10.2 Å². The van der Waals surface area contributed by atoms with E-state index in [2.05, 4.69) is 5.32 Å². The van der Waals surface area contributed by atoms with E-state index in [0.717, 1.165) is 6.42 Å². The number of nitrogens with zero attached hydrogens (tertiary/aromatic N) is 1. The molecule has 20 heavy (non-hydrogen) atoms. The lowest BCUT2D eigenvalue weighted by atomic mass is 10.1. The predicted octanol–water partition coefficient (Wildman–Crippen LogP) is 2.09. The predicted molar refractivity (Wildman–Crippen MR) is 74.8 cm³/mol. The van der Waals surface area contributed by atoms with Crippen LogP contribution in [-0.2, 0) is 9.59 Å². The molecule has 0 aliphatic carbocycles. The number of rotatable bonds is 4. The molecule has 0 unspecified atom stereocenters. The lowest BCUT2D eigenvalue weighted by molar-refractivity contribution is -0.132. The maximum absolute atomic E-state index is 12.9. The van der Waals surface area contributed by atoms with E-state index in [1.165, 1.54) is 12.1 Å². The first-order valence-corrected chi connectivity index (χ1v) is 6.90. The Bertz CT molecular complexity index is 501. The molecule has 1 aliphatic rings.